The zero-order valence-electron chi connectivity index (χ0n) is 15.5. The van der Waals surface area contributed by atoms with Gasteiger partial charge in [0.15, 0.2) is 0 Å². The van der Waals surface area contributed by atoms with Gasteiger partial charge in [0, 0.05) is 13.1 Å². The average Bonchev–Trinajstić information content (AvgIpc) is 2.68. The summed E-state index contributed by atoms with van der Waals surface area (Å²) in [6.45, 7) is 0.722. The Hall–Kier alpha value is -0.630. The molecule has 2 aromatic carbocycles. The molecule has 4 N–H and O–H groups in total. The first-order valence-electron chi connectivity index (χ1n) is 8.81. The quantitative estimate of drug-likeness (QED) is 0.277. The number of amides is 2. The van der Waals surface area contributed by atoms with E-state index in [1.165, 1.54) is 0 Å². The van der Waals surface area contributed by atoms with Crippen LogP contribution in [0.25, 0.3) is 0 Å². The molecular formula is C19H20Cl6N4O. The second kappa shape index (κ2) is 11.8. The van der Waals surface area contributed by atoms with Crippen molar-refractivity contribution in [2.75, 3.05) is 0 Å². The Kier molecular flexibility index (Phi) is 10.1. The van der Waals surface area contributed by atoms with E-state index in [4.69, 9.17) is 69.6 Å². The lowest BCUT2D eigenvalue weighted by Crippen LogP contribution is -2.61. The van der Waals surface area contributed by atoms with Gasteiger partial charge in [-0.05, 0) is 11.1 Å². The van der Waals surface area contributed by atoms with Crippen molar-refractivity contribution < 1.29 is 4.79 Å². The molecule has 0 spiro atoms. The van der Waals surface area contributed by atoms with Gasteiger partial charge in [0.2, 0.25) is 7.59 Å². The Morgan fingerprint density at radius 2 is 1.00 bits per heavy atom. The monoisotopic (exact) mass is 530 g/mol. The van der Waals surface area contributed by atoms with Crippen LogP contribution in [0.4, 0.5) is 4.79 Å². The smallest absolute Gasteiger partial charge is 0.317 e. The standard InChI is InChI=1S/C19H20Cl6N4O/c20-18(21,22)15(26-11-13-7-3-1-4-8-13)28-17(30)29-16(19(23,24)25)27-12-14-9-5-2-6-10-14/h1-10,15-16,26-27H,11-12H2,(H2,28,29,30). The van der Waals surface area contributed by atoms with E-state index in [9.17, 15) is 4.79 Å². The summed E-state index contributed by atoms with van der Waals surface area (Å²) in [5.41, 5.74) is 1.89. The lowest BCUT2D eigenvalue weighted by atomic mass is 10.2. The predicted octanol–water partition coefficient (Wildman–Crippen LogP) is 5.26. The molecule has 0 saturated carbocycles. The Balaban J connectivity index is 1.97. The van der Waals surface area contributed by atoms with Gasteiger partial charge in [0.1, 0.15) is 12.3 Å². The SMILES string of the molecule is O=C(NC(NCc1ccccc1)C(Cl)(Cl)Cl)NC(NCc1ccccc1)C(Cl)(Cl)Cl. The fraction of sp³-hybridized carbons (Fsp3) is 0.316. The highest BCUT2D eigenvalue weighted by Crippen LogP contribution is 2.30. The molecule has 2 amide bonds. The Labute approximate surface area is 205 Å². The van der Waals surface area contributed by atoms with E-state index in [0.29, 0.717) is 13.1 Å². The number of urea groups is 1. The highest BCUT2D eigenvalue weighted by atomic mass is 35.6. The molecule has 0 aromatic heterocycles. The molecule has 2 atom stereocenters. The summed E-state index contributed by atoms with van der Waals surface area (Å²) in [4.78, 5) is 12.5. The van der Waals surface area contributed by atoms with E-state index < -0.39 is 25.9 Å². The van der Waals surface area contributed by atoms with E-state index in [2.05, 4.69) is 21.3 Å². The van der Waals surface area contributed by atoms with Gasteiger partial charge in [-0.1, -0.05) is 130 Å². The number of rotatable bonds is 8. The van der Waals surface area contributed by atoms with Gasteiger partial charge in [0.25, 0.3) is 0 Å². The molecule has 30 heavy (non-hydrogen) atoms. The predicted molar refractivity (Wildman–Crippen MR) is 126 cm³/mol. The fourth-order valence-corrected chi connectivity index (χ4v) is 3.22. The van der Waals surface area contributed by atoms with Crippen molar-refractivity contribution in [3.63, 3.8) is 0 Å². The summed E-state index contributed by atoms with van der Waals surface area (Å²) in [5, 5.41) is 11.1. The normalized spacial score (nSPS) is 14.1. The summed E-state index contributed by atoms with van der Waals surface area (Å²) >= 11 is 36.1. The maximum Gasteiger partial charge on any atom is 0.317 e. The van der Waals surface area contributed by atoms with Crippen LogP contribution in [0, 0.1) is 0 Å². The number of hydrogen-bond donors (Lipinski definition) is 4. The molecule has 0 saturated heterocycles. The molecule has 0 aliphatic heterocycles. The zero-order valence-corrected chi connectivity index (χ0v) is 20.1. The van der Waals surface area contributed by atoms with Gasteiger partial charge in [-0.2, -0.15) is 0 Å². The number of benzene rings is 2. The van der Waals surface area contributed by atoms with E-state index in [1.807, 2.05) is 60.7 Å². The third-order valence-electron chi connectivity index (χ3n) is 3.91. The molecule has 2 aromatic rings. The minimum absolute atomic E-state index is 0.361. The van der Waals surface area contributed by atoms with Gasteiger partial charge in [-0.25, -0.2) is 4.79 Å². The number of nitrogens with one attached hydrogen (secondary N) is 4. The van der Waals surface area contributed by atoms with E-state index in [-0.39, 0.29) is 0 Å². The van der Waals surface area contributed by atoms with Crippen LogP contribution in [0.2, 0.25) is 0 Å². The van der Waals surface area contributed by atoms with Crippen molar-refractivity contribution >= 4 is 75.6 Å². The molecule has 2 rings (SSSR count). The molecule has 0 aliphatic carbocycles. The first-order valence-corrected chi connectivity index (χ1v) is 11.1. The minimum atomic E-state index is -1.82. The minimum Gasteiger partial charge on any atom is -0.318 e. The molecular weight excluding hydrogens is 513 g/mol. The molecule has 164 valence electrons. The number of hydrogen-bond acceptors (Lipinski definition) is 3. The van der Waals surface area contributed by atoms with Crippen molar-refractivity contribution in [1.82, 2.24) is 21.3 Å². The summed E-state index contributed by atoms with van der Waals surface area (Å²) in [6, 6.07) is 18.2. The third kappa shape index (κ3) is 9.25. The summed E-state index contributed by atoms with van der Waals surface area (Å²) in [6.07, 6.45) is -2.01. The Bertz CT molecular complexity index is 718. The lowest BCUT2D eigenvalue weighted by Gasteiger charge is -2.30. The van der Waals surface area contributed by atoms with Crippen LogP contribution in [0.1, 0.15) is 11.1 Å². The molecule has 0 heterocycles. The van der Waals surface area contributed by atoms with Gasteiger partial charge >= 0.3 is 6.03 Å². The van der Waals surface area contributed by atoms with Crippen molar-refractivity contribution in [3.05, 3.63) is 71.8 Å². The summed E-state index contributed by atoms with van der Waals surface area (Å²) in [7, 11) is 0. The van der Waals surface area contributed by atoms with Crippen molar-refractivity contribution in [1.29, 1.82) is 0 Å². The Morgan fingerprint density at radius 1 is 0.667 bits per heavy atom. The highest BCUT2D eigenvalue weighted by Gasteiger charge is 2.37. The molecule has 11 heteroatoms. The molecule has 0 fully saturated rings. The number of halogens is 6. The van der Waals surface area contributed by atoms with Crippen LogP contribution >= 0.6 is 69.6 Å². The number of alkyl halides is 6. The van der Waals surface area contributed by atoms with E-state index >= 15 is 0 Å². The molecule has 5 nitrogen and oxygen atoms in total. The van der Waals surface area contributed by atoms with Crippen molar-refractivity contribution in [2.45, 2.75) is 33.0 Å². The maximum atomic E-state index is 12.5. The van der Waals surface area contributed by atoms with Gasteiger partial charge < -0.3 is 10.6 Å². The summed E-state index contributed by atoms with van der Waals surface area (Å²) < 4.78 is -3.64. The maximum absolute atomic E-state index is 12.5. The van der Waals surface area contributed by atoms with Crippen molar-refractivity contribution in [3.8, 4) is 0 Å². The number of carbonyl (C=O) groups is 1. The first kappa shape index (κ1) is 25.6. The molecule has 0 bridgehead atoms. The topological polar surface area (TPSA) is 65.2 Å². The molecule has 0 radical (unpaired) electrons. The van der Waals surface area contributed by atoms with Gasteiger partial charge in [0.05, 0.1) is 0 Å². The summed E-state index contributed by atoms with van der Waals surface area (Å²) in [5.74, 6) is 0. The molecule has 2 unspecified atom stereocenters. The van der Waals surface area contributed by atoms with Crippen LogP contribution in [-0.4, -0.2) is 25.9 Å². The highest BCUT2D eigenvalue weighted by molar-refractivity contribution is 6.68. The zero-order chi connectivity index (χ0) is 22.2. The molecule has 0 aliphatic rings. The number of carbonyl (C=O) groups excluding carboxylic acids is 1. The van der Waals surface area contributed by atoms with Crippen molar-refractivity contribution in [2.24, 2.45) is 0 Å². The third-order valence-corrected chi connectivity index (χ3v) is 5.22. The van der Waals surface area contributed by atoms with Crippen LogP contribution < -0.4 is 21.3 Å². The van der Waals surface area contributed by atoms with Crippen LogP contribution in [-0.2, 0) is 13.1 Å². The lowest BCUT2D eigenvalue weighted by molar-refractivity contribution is 0.227. The van der Waals surface area contributed by atoms with E-state index in [1.54, 1.807) is 0 Å². The Morgan fingerprint density at radius 3 is 1.30 bits per heavy atom. The van der Waals surface area contributed by atoms with Crippen LogP contribution in [0.3, 0.4) is 0 Å². The van der Waals surface area contributed by atoms with Crippen LogP contribution in [0.5, 0.6) is 0 Å². The van der Waals surface area contributed by atoms with E-state index in [0.717, 1.165) is 11.1 Å². The largest absolute Gasteiger partial charge is 0.318 e. The fourth-order valence-electron chi connectivity index (χ4n) is 2.43. The second-order valence-corrected chi connectivity index (χ2v) is 11.0. The average molecular weight is 533 g/mol. The van der Waals surface area contributed by atoms with Gasteiger partial charge in [-0.15, -0.1) is 0 Å². The first-order chi connectivity index (χ1) is 14.1. The van der Waals surface area contributed by atoms with Gasteiger partial charge in [-0.3, -0.25) is 10.6 Å². The van der Waals surface area contributed by atoms with Crippen LogP contribution in [0.15, 0.2) is 60.7 Å². The second-order valence-electron chi connectivity index (χ2n) is 6.30.